The van der Waals surface area contributed by atoms with Crippen LogP contribution in [-0.2, 0) is 11.2 Å². The fourth-order valence-corrected chi connectivity index (χ4v) is 2.92. The molecule has 0 aromatic heterocycles. The van der Waals surface area contributed by atoms with Crippen molar-refractivity contribution in [1.29, 1.82) is 0 Å². The molecule has 1 aliphatic rings. The molecular formula is C15H20ClNO2. The zero-order valence-corrected chi connectivity index (χ0v) is 12.2. The van der Waals surface area contributed by atoms with Gasteiger partial charge in [-0.15, -0.1) is 0 Å². The molecule has 2 rings (SSSR count). The number of ketones is 1. The fraction of sp³-hybridized carbons (Fsp3) is 0.533. The molecule has 1 saturated heterocycles. The standard InChI is InChI=1S/C15H20ClNO2/c1-3-15(6-7-17-10-15)14(18)9-11-8-12(16)4-5-13(11)19-2/h4-5,8,17H,3,6-7,9-10H2,1-2H3. The second kappa shape index (κ2) is 5.93. The van der Waals surface area contributed by atoms with Gasteiger partial charge in [0, 0.05) is 29.0 Å². The second-order valence-electron chi connectivity index (χ2n) is 5.12. The van der Waals surface area contributed by atoms with Gasteiger partial charge < -0.3 is 10.1 Å². The third-order valence-electron chi connectivity index (χ3n) is 4.11. The minimum absolute atomic E-state index is 0.215. The van der Waals surface area contributed by atoms with Crippen LogP contribution in [0.25, 0.3) is 0 Å². The van der Waals surface area contributed by atoms with E-state index in [2.05, 4.69) is 12.2 Å². The van der Waals surface area contributed by atoms with Crippen LogP contribution in [-0.4, -0.2) is 26.0 Å². The molecule has 1 aromatic carbocycles. The number of nitrogens with one attached hydrogen (secondary N) is 1. The summed E-state index contributed by atoms with van der Waals surface area (Å²) in [5, 5.41) is 3.93. The SMILES string of the molecule is CCC1(C(=O)Cc2cc(Cl)ccc2OC)CCNC1. The largest absolute Gasteiger partial charge is 0.496 e. The van der Waals surface area contributed by atoms with Gasteiger partial charge >= 0.3 is 0 Å². The van der Waals surface area contributed by atoms with Gasteiger partial charge in [0.15, 0.2) is 0 Å². The van der Waals surface area contributed by atoms with Crippen molar-refractivity contribution in [2.45, 2.75) is 26.2 Å². The summed E-state index contributed by atoms with van der Waals surface area (Å²) in [6.45, 7) is 3.79. The summed E-state index contributed by atoms with van der Waals surface area (Å²) >= 11 is 6.01. The average Bonchev–Trinajstić information content (AvgIpc) is 2.89. The van der Waals surface area contributed by atoms with E-state index >= 15 is 0 Å². The number of carbonyl (C=O) groups excluding carboxylic acids is 1. The average molecular weight is 282 g/mol. The van der Waals surface area contributed by atoms with Gasteiger partial charge in [-0.05, 0) is 37.6 Å². The Morgan fingerprint density at radius 2 is 2.32 bits per heavy atom. The predicted molar refractivity (Wildman–Crippen MR) is 76.9 cm³/mol. The van der Waals surface area contributed by atoms with Crippen LogP contribution in [0.5, 0.6) is 5.75 Å². The second-order valence-corrected chi connectivity index (χ2v) is 5.55. The summed E-state index contributed by atoms with van der Waals surface area (Å²) in [6, 6.07) is 5.42. The first-order valence-electron chi connectivity index (χ1n) is 6.68. The Bertz CT molecular complexity index is 467. The molecule has 0 spiro atoms. The highest BCUT2D eigenvalue weighted by atomic mass is 35.5. The Morgan fingerprint density at radius 1 is 1.53 bits per heavy atom. The maximum atomic E-state index is 12.6. The van der Waals surface area contributed by atoms with Crippen molar-refractivity contribution < 1.29 is 9.53 Å². The fourth-order valence-electron chi connectivity index (χ4n) is 2.73. The molecule has 1 fully saturated rings. The van der Waals surface area contributed by atoms with Crippen LogP contribution < -0.4 is 10.1 Å². The molecule has 0 saturated carbocycles. The first kappa shape index (κ1) is 14.4. The smallest absolute Gasteiger partial charge is 0.144 e. The van der Waals surface area contributed by atoms with E-state index < -0.39 is 0 Å². The third-order valence-corrected chi connectivity index (χ3v) is 4.34. The number of rotatable bonds is 5. The van der Waals surface area contributed by atoms with E-state index in [1.165, 1.54) is 0 Å². The molecule has 0 bridgehead atoms. The van der Waals surface area contributed by atoms with Crippen LogP contribution >= 0.6 is 11.6 Å². The zero-order chi connectivity index (χ0) is 13.9. The molecular weight excluding hydrogens is 262 g/mol. The van der Waals surface area contributed by atoms with Gasteiger partial charge in [-0.25, -0.2) is 0 Å². The van der Waals surface area contributed by atoms with Crippen LogP contribution in [0.3, 0.4) is 0 Å². The number of hydrogen-bond donors (Lipinski definition) is 1. The third kappa shape index (κ3) is 2.93. The molecule has 104 valence electrons. The van der Waals surface area contributed by atoms with E-state index in [9.17, 15) is 4.79 Å². The maximum absolute atomic E-state index is 12.6. The van der Waals surface area contributed by atoms with Crippen LogP contribution in [0.4, 0.5) is 0 Å². The van der Waals surface area contributed by atoms with E-state index in [4.69, 9.17) is 16.3 Å². The summed E-state index contributed by atoms with van der Waals surface area (Å²) in [7, 11) is 1.62. The first-order valence-corrected chi connectivity index (χ1v) is 7.05. The lowest BCUT2D eigenvalue weighted by molar-refractivity contribution is -0.127. The van der Waals surface area contributed by atoms with Crippen molar-refractivity contribution in [2.24, 2.45) is 5.41 Å². The van der Waals surface area contributed by atoms with Crippen molar-refractivity contribution in [1.82, 2.24) is 5.32 Å². The van der Waals surface area contributed by atoms with E-state index in [1.807, 2.05) is 12.1 Å². The highest BCUT2D eigenvalue weighted by Crippen LogP contribution is 2.33. The lowest BCUT2D eigenvalue weighted by Gasteiger charge is -2.25. The molecule has 0 amide bonds. The highest BCUT2D eigenvalue weighted by molar-refractivity contribution is 6.30. The molecule has 1 N–H and O–H groups in total. The van der Waals surface area contributed by atoms with Crippen LogP contribution in [0, 0.1) is 5.41 Å². The predicted octanol–water partition coefficient (Wildman–Crippen LogP) is 2.85. The van der Waals surface area contributed by atoms with E-state index in [-0.39, 0.29) is 11.2 Å². The Labute approximate surface area is 119 Å². The molecule has 0 aliphatic carbocycles. The zero-order valence-electron chi connectivity index (χ0n) is 11.5. The lowest BCUT2D eigenvalue weighted by Crippen LogP contribution is -2.34. The number of hydrogen-bond acceptors (Lipinski definition) is 3. The molecule has 1 heterocycles. The van der Waals surface area contributed by atoms with Gasteiger partial charge in [0.05, 0.1) is 7.11 Å². The number of carbonyl (C=O) groups is 1. The van der Waals surface area contributed by atoms with E-state index in [0.717, 1.165) is 37.2 Å². The number of benzene rings is 1. The van der Waals surface area contributed by atoms with Crippen molar-refractivity contribution >= 4 is 17.4 Å². The Morgan fingerprint density at radius 3 is 2.89 bits per heavy atom. The number of methoxy groups -OCH3 is 1. The monoisotopic (exact) mass is 281 g/mol. The van der Waals surface area contributed by atoms with Gasteiger partial charge in [0.2, 0.25) is 0 Å². The quantitative estimate of drug-likeness (QED) is 0.902. The summed E-state index contributed by atoms with van der Waals surface area (Å²) in [6.07, 6.45) is 2.19. The number of Topliss-reactive ketones (excluding diaryl/α,β-unsaturated/α-hetero) is 1. The van der Waals surface area contributed by atoms with Crippen LogP contribution in [0.2, 0.25) is 5.02 Å². The first-order chi connectivity index (χ1) is 9.11. The maximum Gasteiger partial charge on any atom is 0.144 e. The Kier molecular flexibility index (Phi) is 4.48. The molecule has 4 heteroatoms. The summed E-state index contributed by atoms with van der Waals surface area (Å²) in [4.78, 5) is 12.6. The van der Waals surface area contributed by atoms with E-state index in [0.29, 0.717) is 11.4 Å². The lowest BCUT2D eigenvalue weighted by atomic mass is 9.78. The van der Waals surface area contributed by atoms with Crippen molar-refractivity contribution in [3.05, 3.63) is 28.8 Å². The summed E-state index contributed by atoms with van der Waals surface area (Å²) < 4.78 is 5.30. The molecule has 1 aromatic rings. The van der Waals surface area contributed by atoms with Gasteiger partial charge in [0.1, 0.15) is 11.5 Å². The van der Waals surface area contributed by atoms with Crippen molar-refractivity contribution in [3.8, 4) is 5.75 Å². The van der Waals surface area contributed by atoms with Gasteiger partial charge in [-0.2, -0.15) is 0 Å². The minimum atomic E-state index is -0.215. The summed E-state index contributed by atoms with van der Waals surface area (Å²) in [5.74, 6) is 1.01. The van der Waals surface area contributed by atoms with Crippen molar-refractivity contribution in [3.63, 3.8) is 0 Å². The molecule has 1 unspecified atom stereocenters. The topological polar surface area (TPSA) is 38.3 Å². The molecule has 19 heavy (non-hydrogen) atoms. The van der Waals surface area contributed by atoms with Crippen LogP contribution in [0.15, 0.2) is 18.2 Å². The molecule has 1 aliphatic heterocycles. The number of halogens is 1. The molecule has 1 atom stereocenters. The molecule has 0 radical (unpaired) electrons. The van der Waals surface area contributed by atoms with Gasteiger partial charge in [-0.1, -0.05) is 18.5 Å². The molecule has 3 nitrogen and oxygen atoms in total. The van der Waals surface area contributed by atoms with Gasteiger partial charge in [-0.3, -0.25) is 4.79 Å². The Balaban J connectivity index is 2.20. The summed E-state index contributed by atoms with van der Waals surface area (Å²) in [5.41, 5.74) is 0.660. The van der Waals surface area contributed by atoms with Gasteiger partial charge in [0.25, 0.3) is 0 Å². The van der Waals surface area contributed by atoms with Crippen LogP contribution in [0.1, 0.15) is 25.3 Å². The highest BCUT2D eigenvalue weighted by Gasteiger charge is 2.39. The van der Waals surface area contributed by atoms with E-state index in [1.54, 1.807) is 13.2 Å². The minimum Gasteiger partial charge on any atom is -0.496 e. The Hall–Kier alpha value is -1.06. The number of ether oxygens (including phenoxy) is 1. The normalized spacial score (nSPS) is 22.5. The van der Waals surface area contributed by atoms with Crippen molar-refractivity contribution in [2.75, 3.05) is 20.2 Å².